The Kier molecular flexibility index (Phi) is 11.6. The zero-order valence-corrected chi connectivity index (χ0v) is 22.1. The highest BCUT2D eigenvalue weighted by atomic mass is 16.5. The van der Waals surface area contributed by atoms with Crippen molar-refractivity contribution in [2.75, 3.05) is 41.0 Å². The molecule has 0 saturated heterocycles. The first kappa shape index (κ1) is 27.6. The van der Waals surface area contributed by atoms with Crippen molar-refractivity contribution >= 4 is 12.0 Å². The Balaban J connectivity index is 1.38. The molecule has 0 aromatic heterocycles. The summed E-state index contributed by atoms with van der Waals surface area (Å²) in [5.74, 6) is 2.61. The highest BCUT2D eigenvalue weighted by molar-refractivity contribution is 5.79. The van der Waals surface area contributed by atoms with E-state index in [1.807, 2.05) is 48.6 Å². The molecule has 1 aliphatic rings. The van der Waals surface area contributed by atoms with Crippen LogP contribution in [0.15, 0.2) is 48.5 Å². The van der Waals surface area contributed by atoms with Gasteiger partial charge in [-0.1, -0.05) is 43.2 Å². The molecule has 0 spiro atoms. The zero-order chi connectivity index (χ0) is 25.6. The van der Waals surface area contributed by atoms with Gasteiger partial charge in [-0.05, 0) is 80.6 Å². The number of benzene rings is 2. The van der Waals surface area contributed by atoms with Crippen LogP contribution in [0.3, 0.4) is 0 Å². The molecule has 1 N–H and O–H groups in total. The van der Waals surface area contributed by atoms with Gasteiger partial charge in [0.25, 0.3) is 0 Å². The van der Waals surface area contributed by atoms with Gasteiger partial charge in [0.2, 0.25) is 5.91 Å². The molecule has 2 aromatic rings. The fourth-order valence-electron chi connectivity index (χ4n) is 4.81. The first-order valence-electron chi connectivity index (χ1n) is 13.2. The van der Waals surface area contributed by atoms with Gasteiger partial charge >= 0.3 is 0 Å². The van der Waals surface area contributed by atoms with E-state index in [9.17, 15) is 4.79 Å². The van der Waals surface area contributed by atoms with E-state index in [0.717, 1.165) is 74.6 Å². The van der Waals surface area contributed by atoms with Crippen molar-refractivity contribution in [1.82, 2.24) is 10.2 Å². The summed E-state index contributed by atoms with van der Waals surface area (Å²) in [5.41, 5.74) is 2.32. The van der Waals surface area contributed by atoms with Crippen molar-refractivity contribution in [2.24, 2.45) is 0 Å². The highest BCUT2D eigenvalue weighted by Gasteiger charge is 2.25. The fraction of sp³-hybridized carbons (Fsp3) is 0.500. The Labute approximate surface area is 216 Å². The number of carbonyl (C=O) groups excluding carboxylic acids is 1. The lowest BCUT2D eigenvalue weighted by Gasteiger charge is -2.29. The number of nitrogens with one attached hydrogen (secondary N) is 1. The first-order valence-corrected chi connectivity index (χ1v) is 13.2. The number of nitrogens with zero attached hydrogens (tertiary/aromatic N) is 1. The second-order valence-electron chi connectivity index (χ2n) is 9.30. The summed E-state index contributed by atoms with van der Waals surface area (Å²) in [6.45, 7) is 2.70. The van der Waals surface area contributed by atoms with Crippen LogP contribution in [0.25, 0.3) is 6.08 Å². The van der Waals surface area contributed by atoms with Crippen LogP contribution in [-0.2, 0) is 11.2 Å². The summed E-state index contributed by atoms with van der Waals surface area (Å²) in [6, 6.07) is 14.4. The number of methoxy groups -OCH3 is 3. The van der Waals surface area contributed by atoms with Crippen LogP contribution in [0.5, 0.6) is 17.2 Å². The standard InChI is InChI=1S/C30H42N2O4/c1-34-27-17-14-24(15-18-27)9-6-13-30(33)32(26-11-4-5-12-26)22-8-21-31-20-7-10-25-16-19-28(35-2)29(23-25)36-3/h6,9,14-19,23,26,31H,4-5,7-8,10-13,20-22H2,1-3H3/b9-6+. The lowest BCUT2D eigenvalue weighted by molar-refractivity contribution is -0.132. The minimum absolute atomic E-state index is 0.236. The normalized spacial score (nSPS) is 13.8. The van der Waals surface area contributed by atoms with E-state index >= 15 is 0 Å². The Morgan fingerprint density at radius 2 is 1.67 bits per heavy atom. The molecule has 1 amide bonds. The van der Waals surface area contributed by atoms with Crippen molar-refractivity contribution in [2.45, 2.75) is 57.4 Å². The molecule has 1 aliphatic carbocycles. The van der Waals surface area contributed by atoms with E-state index < -0.39 is 0 Å². The van der Waals surface area contributed by atoms with Gasteiger partial charge in [-0.3, -0.25) is 4.79 Å². The third-order valence-corrected chi connectivity index (χ3v) is 6.82. The summed E-state index contributed by atoms with van der Waals surface area (Å²) < 4.78 is 15.9. The molecule has 0 unspecified atom stereocenters. The molecular formula is C30H42N2O4. The monoisotopic (exact) mass is 494 g/mol. The Bertz CT molecular complexity index is 952. The number of hydrogen-bond acceptors (Lipinski definition) is 5. The molecule has 196 valence electrons. The number of carbonyl (C=O) groups is 1. The minimum atomic E-state index is 0.236. The number of aryl methyl sites for hydroxylation is 1. The molecule has 1 saturated carbocycles. The quantitative estimate of drug-likeness (QED) is 0.331. The lowest BCUT2D eigenvalue weighted by Crippen LogP contribution is -2.40. The molecule has 0 radical (unpaired) electrons. The maximum Gasteiger partial charge on any atom is 0.226 e. The average Bonchev–Trinajstić information content (AvgIpc) is 3.45. The average molecular weight is 495 g/mol. The lowest BCUT2D eigenvalue weighted by atomic mass is 10.1. The molecule has 36 heavy (non-hydrogen) atoms. The molecule has 6 nitrogen and oxygen atoms in total. The van der Waals surface area contributed by atoms with E-state index in [4.69, 9.17) is 14.2 Å². The number of rotatable bonds is 15. The second kappa shape index (κ2) is 15.2. The van der Waals surface area contributed by atoms with Crippen LogP contribution in [0.1, 0.15) is 56.1 Å². The topological polar surface area (TPSA) is 60.0 Å². The van der Waals surface area contributed by atoms with Crippen LogP contribution >= 0.6 is 0 Å². The smallest absolute Gasteiger partial charge is 0.226 e. The van der Waals surface area contributed by atoms with E-state index in [0.29, 0.717) is 12.5 Å². The van der Waals surface area contributed by atoms with Crippen LogP contribution < -0.4 is 19.5 Å². The number of ether oxygens (including phenoxy) is 3. The van der Waals surface area contributed by atoms with Crippen molar-refractivity contribution < 1.29 is 19.0 Å². The minimum Gasteiger partial charge on any atom is -0.497 e. The summed E-state index contributed by atoms with van der Waals surface area (Å²) in [6.07, 6.45) is 12.2. The summed E-state index contributed by atoms with van der Waals surface area (Å²) >= 11 is 0. The summed E-state index contributed by atoms with van der Waals surface area (Å²) in [5, 5.41) is 3.55. The Morgan fingerprint density at radius 1 is 0.944 bits per heavy atom. The third-order valence-electron chi connectivity index (χ3n) is 6.82. The van der Waals surface area contributed by atoms with Gasteiger partial charge < -0.3 is 24.4 Å². The zero-order valence-electron chi connectivity index (χ0n) is 22.1. The molecule has 1 fully saturated rings. The predicted octanol–water partition coefficient (Wildman–Crippen LogP) is 5.50. The van der Waals surface area contributed by atoms with Crippen molar-refractivity contribution in [3.8, 4) is 17.2 Å². The number of amides is 1. The van der Waals surface area contributed by atoms with E-state index in [2.05, 4.69) is 16.3 Å². The molecule has 3 rings (SSSR count). The van der Waals surface area contributed by atoms with Crippen LogP contribution in [0.2, 0.25) is 0 Å². The van der Waals surface area contributed by atoms with Crippen LogP contribution in [0, 0.1) is 0 Å². The molecule has 2 aromatic carbocycles. The maximum absolute atomic E-state index is 13.1. The predicted molar refractivity (Wildman–Crippen MR) is 146 cm³/mol. The van der Waals surface area contributed by atoms with Crippen molar-refractivity contribution in [1.29, 1.82) is 0 Å². The van der Waals surface area contributed by atoms with Gasteiger partial charge in [-0.2, -0.15) is 0 Å². The molecular weight excluding hydrogens is 452 g/mol. The van der Waals surface area contributed by atoms with Crippen molar-refractivity contribution in [3.05, 3.63) is 59.7 Å². The molecule has 0 bridgehead atoms. The molecule has 0 atom stereocenters. The second-order valence-corrected chi connectivity index (χ2v) is 9.30. The Morgan fingerprint density at radius 3 is 2.36 bits per heavy atom. The highest BCUT2D eigenvalue weighted by Crippen LogP contribution is 2.28. The van der Waals surface area contributed by atoms with Gasteiger partial charge in [0.15, 0.2) is 11.5 Å². The van der Waals surface area contributed by atoms with Gasteiger partial charge in [0, 0.05) is 19.0 Å². The van der Waals surface area contributed by atoms with E-state index in [-0.39, 0.29) is 5.91 Å². The van der Waals surface area contributed by atoms with E-state index in [1.54, 1.807) is 21.3 Å². The number of hydrogen-bond donors (Lipinski definition) is 1. The largest absolute Gasteiger partial charge is 0.497 e. The van der Waals surface area contributed by atoms with Gasteiger partial charge in [0.1, 0.15) is 5.75 Å². The maximum atomic E-state index is 13.1. The summed E-state index contributed by atoms with van der Waals surface area (Å²) in [4.78, 5) is 15.2. The van der Waals surface area contributed by atoms with Gasteiger partial charge in [-0.15, -0.1) is 0 Å². The molecule has 0 aliphatic heterocycles. The third kappa shape index (κ3) is 8.59. The van der Waals surface area contributed by atoms with Crippen molar-refractivity contribution in [3.63, 3.8) is 0 Å². The van der Waals surface area contributed by atoms with Crippen LogP contribution in [-0.4, -0.2) is 57.8 Å². The Hall–Kier alpha value is -2.99. The summed E-state index contributed by atoms with van der Waals surface area (Å²) in [7, 11) is 4.99. The molecule has 6 heteroatoms. The van der Waals surface area contributed by atoms with E-state index in [1.165, 1.54) is 18.4 Å². The molecule has 0 heterocycles. The van der Waals surface area contributed by atoms with Gasteiger partial charge in [0.05, 0.1) is 21.3 Å². The fourth-order valence-corrected chi connectivity index (χ4v) is 4.81. The first-order chi connectivity index (χ1) is 17.6. The SMILES string of the molecule is COc1ccc(/C=C/CC(=O)N(CCCNCCCc2ccc(OC)c(OC)c2)C2CCCC2)cc1. The van der Waals surface area contributed by atoms with Crippen LogP contribution in [0.4, 0.5) is 0 Å². The van der Waals surface area contributed by atoms with Gasteiger partial charge in [-0.25, -0.2) is 0 Å².